The molecule has 0 bridgehead atoms. The number of para-hydroxylation sites is 1. The second-order valence-corrected chi connectivity index (χ2v) is 11.1. The summed E-state index contributed by atoms with van der Waals surface area (Å²) in [6, 6.07) is 23.6. The molecule has 3 aromatic carbocycles. The molecule has 4 aromatic rings. The minimum Gasteiger partial charge on any atom is -0.489 e. The van der Waals surface area contributed by atoms with E-state index in [1.165, 1.54) is 23.9 Å². The van der Waals surface area contributed by atoms with E-state index in [4.69, 9.17) is 15.6 Å². The van der Waals surface area contributed by atoms with E-state index in [2.05, 4.69) is 4.99 Å². The van der Waals surface area contributed by atoms with Crippen LogP contribution in [0.1, 0.15) is 24.0 Å². The Hall–Kier alpha value is -4.70. The summed E-state index contributed by atoms with van der Waals surface area (Å²) in [5.74, 6) is -0.318. The fourth-order valence-electron chi connectivity index (χ4n) is 4.92. The van der Waals surface area contributed by atoms with Crippen molar-refractivity contribution in [2.45, 2.75) is 19.4 Å². The van der Waals surface area contributed by atoms with Gasteiger partial charge in [-0.25, -0.2) is 9.07 Å². The summed E-state index contributed by atoms with van der Waals surface area (Å²) < 4.78 is 20.9. The summed E-state index contributed by atoms with van der Waals surface area (Å²) in [7, 11) is 0. The molecule has 6 rings (SSSR count). The first-order valence-corrected chi connectivity index (χ1v) is 14.4. The van der Waals surface area contributed by atoms with Gasteiger partial charge >= 0.3 is 0 Å². The molecular formula is C32H28FN5O3S. The number of primary amides is 1. The number of carbonyl (C=O) groups excluding carboxylic acids is 2. The van der Waals surface area contributed by atoms with Gasteiger partial charge in [-0.3, -0.25) is 9.59 Å². The molecule has 0 radical (unpaired) electrons. The minimum atomic E-state index is -0.296. The van der Waals surface area contributed by atoms with Gasteiger partial charge in [-0.1, -0.05) is 30.3 Å². The number of benzene rings is 3. The number of ether oxygens (including phenoxy) is 1. The first-order chi connectivity index (χ1) is 20.4. The van der Waals surface area contributed by atoms with E-state index < -0.39 is 0 Å². The van der Waals surface area contributed by atoms with Crippen molar-refractivity contribution in [3.05, 3.63) is 107 Å². The fraction of sp³-hybridized carbons (Fsp3) is 0.188. The average Bonchev–Trinajstić information content (AvgIpc) is 3.61. The van der Waals surface area contributed by atoms with Gasteiger partial charge in [-0.15, -0.1) is 0 Å². The Labute approximate surface area is 246 Å². The molecule has 2 N–H and O–H groups in total. The minimum absolute atomic E-state index is 0.134. The van der Waals surface area contributed by atoms with Crippen molar-refractivity contribution in [1.29, 1.82) is 0 Å². The Bertz CT molecular complexity index is 1660. The van der Waals surface area contributed by atoms with Gasteiger partial charge < -0.3 is 15.4 Å². The predicted octanol–water partition coefficient (Wildman–Crippen LogP) is 5.43. The van der Waals surface area contributed by atoms with E-state index in [0.29, 0.717) is 54.1 Å². The van der Waals surface area contributed by atoms with E-state index in [-0.39, 0.29) is 23.5 Å². The second kappa shape index (κ2) is 12.0. The highest BCUT2D eigenvalue weighted by Gasteiger charge is 2.31. The Morgan fingerprint density at radius 3 is 2.43 bits per heavy atom. The number of rotatable bonds is 7. The smallest absolute Gasteiger partial charge is 0.286 e. The third-order valence-corrected chi connectivity index (χ3v) is 8.32. The van der Waals surface area contributed by atoms with Crippen LogP contribution >= 0.6 is 11.8 Å². The van der Waals surface area contributed by atoms with Gasteiger partial charge in [-0.05, 0) is 84.8 Å². The van der Waals surface area contributed by atoms with Crippen LogP contribution in [0.15, 0.2) is 95.0 Å². The summed E-state index contributed by atoms with van der Waals surface area (Å²) in [6.45, 7) is 1.58. The maximum Gasteiger partial charge on any atom is 0.286 e. The summed E-state index contributed by atoms with van der Waals surface area (Å²) in [5, 5.41) is 5.51. The number of likely N-dealkylation sites (tertiary alicyclic amines) is 1. The van der Waals surface area contributed by atoms with Crippen LogP contribution in [-0.4, -0.2) is 44.8 Å². The number of thioether (sulfide) groups is 1. The summed E-state index contributed by atoms with van der Waals surface area (Å²) in [6.07, 6.45) is 5.04. The van der Waals surface area contributed by atoms with Gasteiger partial charge in [0.15, 0.2) is 5.17 Å². The van der Waals surface area contributed by atoms with E-state index in [0.717, 1.165) is 22.4 Å². The normalized spacial score (nSPS) is 16.6. The second-order valence-electron chi connectivity index (χ2n) is 10.1. The molecule has 0 aliphatic carbocycles. The lowest BCUT2D eigenvalue weighted by atomic mass is 9.97. The van der Waals surface area contributed by atoms with Crippen molar-refractivity contribution in [3.63, 3.8) is 0 Å². The van der Waals surface area contributed by atoms with Crippen LogP contribution in [0.5, 0.6) is 5.75 Å². The highest BCUT2D eigenvalue weighted by atomic mass is 32.2. The molecule has 0 saturated carbocycles. The number of aromatic nitrogens is 2. The highest BCUT2D eigenvalue weighted by Crippen LogP contribution is 2.35. The standard InChI is InChI=1S/C32H28FN5O3S/c33-25-10-6-21(7-11-25)20-41-27-12-8-22(9-13-27)29-24(19-38(36-29)26-4-2-1-3-5-26)18-28-31(40)35-32(42-28)37-16-14-23(15-17-37)30(34)39/h1-13,18-19,23H,14-17,20H2,(H2,34,39)/b28-18-. The molecule has 10 heteroatoms. The number of hydrogen-bond acceptors (Lipinski definition) is 6. The van der Waals surface area contributed by atoms with Crippen LogP contribution in [-0.2, 0) is 16.2 Å². The van der Waals surface area contributed by atoms with E-state index in [9.17, 15) is 14.0 Å². The lowest BCUT2D eigenvalue weighted by molar-refractivity contribution is -0.123. The van der Waals surface area contributed by atoms with Crippen molar-refractivity contribution in [2.75, 3.05) is 13.1 Å². The average molecular weight is 582 g/mol. The number of piperidine rings is 1. The fourth-order valence-corrected chi connectivity index (χ4v) is 5.87. The Kier molecular flexibility index (Phi) is 7.87. The molecular weight excluding hydrogens is 553 g/mol. The third-order valence-electron chi connectivity index (χ3n) is 7.27. The maximum absolute atomic E-state index is 13.2. The lowest BCUT2D eigenvalue weighted by Gasteiger charge is -2.31. The van der Waals surface area contributed by atoms with Crippen molar-refractivity contribution in [1.82, 2.24) is 14.7 Å². The van der Waals surface area contributed by atoms with E-state index in [1.54, 1.807) is 16.8 Å². The number of amides is 2. The van der Waals surface area contributed by atoms with Gasteiger partial charge in [0.1, 0.15) is 18.2 Å². The van der Waals surface area contributed by atoms with Crippen LogP contribution in [0.3, 0.4) is 0 Å². The molecule has 3 heterocycles. The van der Waals surface area contributed by atoms with Gasteiger partial charge in [0.2, 0.25) is 5.91 Å². The van der Waals surface area contributed by atoms with Crippen molar-refractivity contribution >= 4 is 34.8 Å². The number of nitrogens with two attached hydrogens (primary N) is 1. The maximum atomic E-state index is 13.2. The summed E-state index contributed by atoms with van der Waals surface area (Å²) in [5.41, 5.74) is 9.57. The zero-order valence-corrected chi connectivity index (χ0v) is 23.5. The molecule has 1 saturated heterocycles. The van der Waals surface area contributed by atoms with Crippen LogP contribution in [0.25, 0.3) is 23.0 Å². The first kappa shape index (κ1) is 27.5. The number of hydrogen-bond donors (Lipinski definition) is 1. The first-order valence-electron chi connectivity index (χ1n) is 13.6. The molecule has 2 aliphatic heterocycles. The number of nitrogens with zero attached hydrogens (tertiary/aromatic N) is 4. The molecule has 0 spiro atoms. The van der Waals surface area contributed by atoms with E-state index >= 15 is 0 Å². The Morgan fingerprint density at radius 2 is 1.74 bits per heavy atom. The van der Waals surface area contributed by atoms with Gasteiger partial charge in [0, 0.05) is 36.3 Å². The molecule has 2 amide bonds. The lowest BCUT2D eigenvalue weighted by Crippen LogP contribution is -2.40. The predicted molar refractivity (Wildman–Crippen MR) is 161 cm³/mol. The monoisotopic (exact) mass is 581 g/mol. The quantitative estimate of drug-likeness (QED) is 0.292. The SMILES string of the molecule is NC(=O)C1CCN(C2=NC(=O)/C(=C/c3cn(-c4ccccc4)nc3-c3ccc(OCc4ccc(F)cc4)cc3)S2)CC1. The molecule has 2 aliphatic rings. The molecule has 8 nitrogen and oxygen atoms in total. The van der Waals surface area contributed by atoms with E-state index in [1.807, 2.05) is 71.8 Å². The van der Waals surface area contributed by atoms with Gasteiger partial charge in [-0.2, -0.15) is 10.1 Å². The molecule has 212 valence electrons. The van der Waals surface area contributed by atoms with Gasteiger partial charge in [0.25, 0.3) is 5.91 Å². The van der Waals surface area contributed by atoms with Crippen LogP contribution in [0.2, 0.25) is 0 Å². The van der Waals surface area contributed by atoms with Gasteiger partial charge in [0.05, 0.1) is 16.3 Å². The van der Waals surface area contributed by atoms with Crippen LogP contribution in [0.4, 0.5) is 4.39 Å². The van der Waals surface area contributed by atoms with Crippen LogP contribution < -0.4 is 10.5 Å². The zero-order chi connectivity index (χ0) is 29.1. The number of amidine groups is 1. The molecule has 1 fully saturated rings. The van der Waals surface area contributed by atoms with Crippen molar-refractivity contribution < 1.29 is 18.7 Å². The summed E-state index contributed by atoms with van der Waals surface area (Å²) >= 11 is 1.34. The molecule has 0 unspecified atom stereocenters. The highest BCUT2D eigenvalue weighted by molar-refractivity contribution is 8.18. The van der Waals surface area contributed by atoms with Crippen molar-refractivity contribution in [2.24, 2.45) is 16.6 Å². The number of carbonyl (C=O) groups is 2. The summed E-state index contributed by atoms with van der Waals surface area (Å²) in [4.78, 5) is 31.3. The largest absolute Gasteiger partial charge is 0.489 e. The molecule has 0 atom stereocenters. The zero-order valence-electron chi connectivity index (χ0n) is 22.7. The van der Waals surface area contributed by atoms with Crippen LogP contribution in [0, 0.1) is 11.7 Å². The third kappa shape index (κ3) is 6.13. The molecule has 1 aromatic heterocycles. The van der Waals surface area contributed by atoms with Crippen molar-refractivity contribution in [3.8, 4) is 22.7 Å². The Balaban J connectivity index is 1.23. The topological polar surface area (TPSA) is 103 Å². The number of halogens is 1. The Morgan fingerprint density at radius 1 is 1.02 bits per heavy atom. The number of aliphatic imine (C=N–C) groups is 1. The molecule has 42 heavy (non-hydrogen) atoms.